The Morgan fingerprint density at radius 2 is 1.50 bits per heavy atom. The first-order chi connectivity index (χ1) is 9.05. The Bertz CT molecular complexity index is 433. The van der Waals surface area contributed by atoms with Crippen molar-refractivity contribution in [2.24, 2.45) is 0 Å². The van der Waals surface area contributed by atoms with Crippen LogP contribution in [0.1, 0.15) is 53.5 Å². The molecule has 0 aliphatic carbocycles. The summed E-state index contributed by atoms with van der Waals surface area (Å²) in [6.07, 6.45) is 1.08. The third-order valence-electron chi connectivity index (χ3n) is 2.39. The van der Waals surface area contributed by atoms with Crippen LogP contribution in [0.25, 0.3) is 0 Å². The SMILES string of the molecule is CC(C)(C)OC(=O)CCc1ccc(OC(C)(C)C)cc1. The van der Waals surface area contributed by atoms with Gasteiger partial charge >= 0.3 is 5.97 Å². The summed E-state index contributed by atoms with van der Waals surface area (Å²) in [7, 11) is 0. The number of hydrogen-bond acceptors (Lipinski definition) is 3. The smallest absolute Gasteiger partial charge is 0.306 e. The number of carbonyl (C=O) groups excluding carboxylic acids is 1. The van der Waals surface area contributed by atoms with E-state index in [1.165, 1.54) is 0 Å². The van der Waals surface area contributed by atoms with Gasteiger partial charge in [-0.15, -0.1) is 0 Å². The molecule has 1 aromatic rings. The van der Waals surface area contributed by atoms with E-state index >= 15 is 0 Å². The van der Waals surface area contributed by atoms with Gasteiger partial charge in [0, 0.05) is 6.42 Å². The summed E-state index contributed by atoms with van der Waals surface area (Å²) in [5.41, 5.74) is 0.497. The molecule has 0 saturated carbocycles. The van der Waals surface area contributed by atoms with Crippen molar-refractivity contribution in [2.75, 3.05) is 0 Å². The second-order valence-electron chi connectivity index (χ2n) is 6.94. The van der Waals surface area contributed by atoms with Gasteiger partial charge in [0.25, 0.3) is 0 Å². The topological polar surface area (TPSA) is 35.5 Å². The lowest BCUT2D eigenvalue weighted by atomic mass is 10.1. The molecule has 0 amide bonds. The predicted octanol–water partition coefficient (Wildman–Crippen LogP) is 4.14. The minimum absolute atomic E-state index is 0.160. The molecule has 0 unspecified atom stereocenters. The van der Waals surface area contributed by atoms with Crippen molar-refractivity contribution < 1.29 is 14.3 Å². The van der Waals surface area contributed by atoms with Crippen molar-refractivity contribution >= 4 is 5.97 Å². The molecule has 0 fully saturated rings. The van der Waals surface area contributed by atoms with Crippen LogP contribution in [-0.2, 0) is 16.0 Å². The molecule has 1 aromatic carbocycles. The van der Waals surface area contributed by atoms with E-state index in [0.717, 1.165) is 11.3 Å². The van der Waals surface area contributed by atoms with Crippen LogP contribution in [0.3, 0.4) is 0 Å². The summed E-state index contributed by atoms with van der Waals surface area (Å²) in [6, 6.07) is 7.86. The van der Waals surface area contributed by atoms with Crippen LogP contribution in [0, 0.1) is 0 Å². The molecule has 0 heterocycles. The van der Waals surface area contributed by atoms with Crippen LogP contribution < -0.4 is 4.74 Å². The second-order valence-corrected chi connectivity index (χ2v) is 6.94. The first-order valence-electron chi connectivity index (χ1n) is 7.05. The van der Waals surface area contributed by atoms with Crippen molar-refractivity contribution in [2.45, 2.75) is 65.6 Å². The Morgan fingerprint density at radius 3 is 1.95 bits per heavy atom. The maximum absolute atomic E-state index is 11.6. The summed E-state index contributed by atoms with van der Waals surface area (Å²) >= 11 is 0. The average molecular weight is 278 g/mol. The fraction of sp³-hybridized carbons (Fsp3) is 0.588. The fourth-order valence-corrected chi connectivity index (χ4v) is 1.72. The molecule has 0 aromatic heterocycles. The van der Waals surface area contributed by atoms with E-state index in [0.29, 0.717) is 12.8 Å². The first kappa shape index (κ1) is 16.5. The monoisotopic (exact) mass is 278 g/mol. The van der Waals surface area contributed by atoms with E-state index in [-0.39, 0.29) is 11.6 Å². The van der Waals surface area contributed by atoms with Gasteiger partial charge < -0.3 is 9.47 Å². The molecule has 0 saturated heterocycles. The molecular weight excluding hydrogens is 252 g/mol. The van der Waals surface area contributed by atoms with Crippen LogP contribution in [0.5, 0.6) is 5.75 Å². The number of benzene rings is 1. The minimum atomic E-state index is -0.415. The maximum atomic E-state index is 11.6. The third kappa shape index (κ3) is 7.17. The molecule has 3 heteroatoms. The molecule has 0 radical (unpaired) electrons. The lowest BCUT2D eigenvalue weighted by molar-refractivity contribution is -0.154. The van der Waals surface area contributed by atoms with E-state index in [1.807, 2.05) is 65.8 Å². The number of esters is 1. The van der Waals surface area contributed by atoms with Gasteiger partial charge in [-0.05, 0) is 65.7 Å². The van der Waals surface area contributed by atoms with Crippen LogP contribution >= 0.6 is 0 Å². The normalized spacial score (nSPS) is 12.1. The van der Waals surface area contributed by atoms with Gasteiger partial charge in [0.1, 0.15) is 17.0 Å². The first-order valence-corrected chi connectivity index (χ1v) is 7.05. The lowest BCUT2D eigenvalue weighted by Gasteiger charge is -2.21. The van der Waals surface area contributed by atoms with Crippen molar-refractivity contribution in [3.63, 3.8) is 0 Å². The summed E-state index contributed by atoms with van der Waals surface area (Å²) < 4.78 is 11.0. The Labute approximate surface area is 122 Å². The number of rotatable bonds is 4. The Hall–Kier alpha value is -1.51. The van der Waals surface area contributed by atoms with Gasteiger partial charge in [-0.1, -0.05) is 12.1 Å². The van der Waals surface area contributed by atoms with Crippen molar-refractivity contribution in [1.29, 1.82) is 0 Å². The summed E-state index contributed by atoms with van der Waals surface area (Å²) in [4.78, 5) is 11.6. The second kappa shape index (κ2) is 6.29. The maximum Gasteiger partial charge on any atom is 0.306 e. The van der Waals surface area contributed by atoms with E-state index in [1.54, 1.807) is 0 Å². The van der Waals surface area contributed by atoms with Crippen molar-refractivity contribution in [3.05, 3.63) is 29.8 Å². The molecule has 112 valence electrons. The highest BCUT2D eigenvalue weighted by Gasteiger charge is 2.16. The molecule has 0 N–H and O–H groups in total. The van der Waals surface area contributed by atoms with Crippen LogP contribution in [0.4, 0.5) is 0 Å². The molecular formula is C17H26O3. The summed E-state index contributed by atoms with van der Waals surface area (Å²) in [5.74, 6) is 0.686. The van der Waals surface area contributed by atoms with Gasteiger partial charge in [0.2, 0.25) is 0 Å². The summed E-state index contributed by atoms with van der Waals surface area (Å²) in [6.45, 7) is 11.7. The minimum Gasteiger partial charge on any atom is -0.488 e. The average Bonchev–Trinajstić information content (AvgIpc) is 2.23. The summed E-state index contributed by atoms with van der Waals surface area (Å²) in [5, 5.41) is 0. The Morgan fingerprint density at radius 1 is 0.950 bits per heavy atom. The highest BCUT2D eigenvalue weighted by atomic mass is 16.6. The van der Waals surface area contributed by atoms with Crippen LogP contribution in [0.15, 0.2) is 24.3 Å². The van der Waals surface area contributed by atoms with E-state index < -0.39 is 5.60 Å². The predicted molar refractivity (Wildman–Crippen MR) is 81.0 cm³/mol. The Kier molecular flexibility index (Phi) is 5.21. The number of hydrogen-bond donors (Lipinski definition) is 0. The molecule has 1 rings (SSSR count). The molecule has 0 bridgehead atoms. The molecule has 3 nitrogen and oxygen atoms in total. The number of ether oxygens (including phenoxy) is 2. The zero-order chi connectivity index (χ0) is 15.4. The number of aryl methyl sites for hydroxylation is 1. The van der Waals surface area contributed by atoms with Gasteiger partial charge in [0.05, 0.1) is 0 Å². The molecule has 20 heavy (non-hydrogen) atoms. The van der Waals surface area contributed by atoms with Gasteiger partial charge in [0.15, 0.2) is 0 Å². The number of carbonyl (C=O) groups is 1. The molecule has 0 atom stereocenters. The van der Waals surface area contributed by atoms with Crippen molar-refractivity contribution in [3.8, 4) is 5.75 Å². The zero-order valence-electron chi connectivity index (χ0n) is 13.4. The quantitative estimate of drug-likeness (QED) is 0.777. The largest absolute Gasteiger partial charge is 0.488 e. The highest BCUT2D eigenvalue weighted by Crippen LogP contribution is 2.19. The molecule has 0 aliphatic heterocycles. The van der Waals surface area contributed by atoms with Gasteiger partial charge in [-0.25, -0.2) is 0 Å². The van der Waals surface area contributed by atoms with Crippen LogP contribution in [0.2, 0.25) is 0 Å². The zero-order valence-corrected chi connectivity index (χ0v) is 13.4. The van der Waals surface area contributed by atoms with Crippen LogP contribution in [-0.4, -0.2) is 17.2 Å². The molecule has 0 aliphatic rings. The fourth-order valence-electron chi connectivity index (χ4n) is 1.72. The standard InChI is InChI=1S/C17H26O3/c1-16(2,3)19-14-10-7-13(8-11-14)9-12-15(18)20-17(4,5)6/h7-8,10-11H,9,12H2,1-6H3. The highest BCUT2D eigenvalue weighted by molar-refractivity contribution is 5.70. The molecule has 0 spiro atoms. The van der Waals surface area contributed by atoms with Gasteiger partial charge in [-0.3, -0.25) is 4.79 Å². The van der Waals surface area contributed by atoms with E-state index in [9.17, 15) is 4.79 Å². The van der Waals surface area contributed by atoms with E-state index in [4.69, 9.17) is 9.47 Å². The van der Waals surface area contributed by atoms with Crippen molar-refractivity contribution in [1.82, 2.24) is 0 Å². The van der Waals surface area contributed by atoms with E-state index in [2.05, 4.69) is 0 Å². The lowest BCUT2D eigenvalue weighted by Crippen LogP contribution is -2.24. The van der Waals surface area contributed by atoms with Gasteiger partial charge in [-0.2, -0.15) is 0 Å². The Balaban J connectivity index is 2.48. The third-order valence-corrected chi connectivity index (χ3v) is 2.39.